The van der Waals surface area contributed by atoms with Gasteiger partial charge in [0.25, 0.3) is 0 Å². The molecule has 0 aromatic heterocycles. The second kappa shape index (κ2) is 9.55. The standard InChI is InChI=1S/C23H23NO3/c24-22(18-9-3-1-4-10-18)20-13-7-14-21(17-20)26-15-8-16-27-23(25)19-11-5-2-6-12-19/h1-7,9-14,17,22H,8,15-16,24H2. The van der Waals surface area contributed by atoms with Crippen LogP contribution in [0.2, 0.25) is 0 Å². The molecule has 1 unspecified atom stereocenters. The van der Waals surface area contributed by atoms with Crippen LogP contribution in [0.4, 0.5) is 0 Å². The van der Waals surface area contributed by atoms with Crippen LogP contribution in [-0.2, 0) is 4.74 Å². The molecule has 0 aliphatic carbocycles. The van der Waals surface area contributed by atoms with E-state index in [0.29, 0.717) is 25.2 Å². The molecule has 0 spiro atoms. The summed E-state index contributed by atoms with van der Waals surface area (Å²) in [5.74, 6) is 0.444. The summed E-state index contributed by atoms with van der Waals surface area (Å²) in [6.07, 6.45) is 0.619. The van der Waals surface area contributed by atoms with Crippen molar-refractivity contribution in [2.24, 2.45) is 5.73 Å². The number of hydrogen-bond donors (Lipinski definition) is 1. The lowest BCUT2D eigenvalue weighted by Crippen LogP contribution is -2.12. The van der Waals surface area contributed by atoms with E-state index in [1.165, 1.54) is 0 Å². The van der Waals surface area contributed by atoms with Crippen LogP contribution in [0.15, 0.2) is 84.9 Å². The molecule has 1 atom stereocenters. The molecule has 0 saturated heterocycles. The maximum atomic E-state index is 11.9. The average molecular weight is 361 g/mol. The van der Waals surface area contributed by atoms with Crippen molar-refractivity contribution in [3.05, 3.63) is 102 Å². The van der Waals surface area contributed by atoms with Gasteiger partial charge in [0.05, 0.1) is 24.8 Å². The summed E-state index contributed by atoms with van der Waals surface area (Å²) in [4.78, 5) is 11.9. The number of ether oxygens (including phenoxy) is 2. The Morgan fingerprint density at radius 2 is 1.48 bits per heavy atom. The van der Waals surface area contributed by atoms with Crippen molar-refractivity contribution in [1.82, 2.24) is 0 Å². The van der Waals surface area contributed by atoms with Crippen LogP contribution < -0.4 is 10.5 Å². The van der Waals surface area contributed by atoms with E-state index >= 15 is 0 Å². The number of esters is 1. The Morgan fingerprint density at radius 3 is 2.22 bits per heavy atom. The number of carbonyl (C=O) groups excluding carboxylic acids is 1. The van der Waals surface area contributed by atoms with Crippen LogP contribution in [0.3, 0.4) is 0 Å². The highest BCUT2D eigenvalue weighted by Gasteiger charge is 2.09. The molecule has 3 rings (SSSR count). The van der Waals surface area contributed by atoms with Crippen LogP contribution >= 0.6 is 0 Å². The summed E-state index contributed by atoms with van der Waals surface area (Å²) in [7, 11) is 0. The van der Waals surface area contributed by atoms with Crippen molar-refractivity contribution in [3.8, 4) is 5.75 Å². The quantitative estimate of drug-likeness (QED) is 0.478. The molecule has 3 aromatic carbocycles. The fraction of sp³-hybridized carbons (Fsp3) is 0.174. The Balaban J connectivity index is 1.46. The van der Waals surface area contributed by atoms with Gasteiger partial charge in [-0.05, 0) is 35.4 Å². The zero-order chi connectivity index (χ0) is 18.9. The van der Waals surface area contributed by atoms with Crippen LogP contribution in [0.5, 0.6) is 5.75 Å². The van der Waals surface area contributed by atoms with Crippen molar-refractivity contribution >= 4 is 5.97 Å². The van der Waals surface area contributed by atoms with Gasteiger partial charge in [-0.3, -0.25) is 0 Å². The molecule has 4 heteroatoms. The Morgan fingerprint density at radius 1 is 0.815 bits per heavy atom. The van der Waals surface area contributed by atoms with E-state index in [1.807, 2.05) is 72.8 Å². The average Bonchev–Trinajstić information content (AvgIpc) is 2.74. The number of benzene rings is 3. The van der Waals surface area contributed by atoms with E-state index in [-0.39, 0.29) is 12.0 Å². The van der Waals surface area contributed by atoms with E-state index in [2.05, 4.69) is 0 Å². The van der Waals surface area contributed by atoms with Gasteiger partial charge in [-0.1, -0.05) is 60.7 Å². The van der Waals surface area contributed by atoms with Gasteiger partial charge in [-0.15, -0.1) is 0 Å². The van der Waals surface area contributed by atoms with E-state index in [4.69, 9.17) is 15.2 Å². The summed E-state index contributed by atoms with van der Waals surface area (Å²) in [6, 6.07) is 26.5. The molecule has 0 aliphatic rings. The molecule has 0 aliphatic heterocycles. The molecule has 0 bridgehead atoms. The molecule has 2 N–H and O–H groups in total. The van der Waals surface area contributed by atoms with Crippen molar-refractivity contribution in [1.29, 1.82) is 0 Å². The van der Waals surface area contributed by atoms with Crippen molar-refractivity contribution < 1.29 is 14.3 Å². The molecule has 0 radical (unpaired) electrons. The van der Waals surface area contributed by atoms with Crippen LogP contribution in [-0.4, -0.2) is 19.2 Å². The second-order valence-corrected chi connectivity index (χ2v) is 6.16. The van der Waals surface area contributed by atoms with Gasteiger partial charge in [0, 0.05) is 6.42 Å². The number of nitrogens with two attached hydrogens (primary N) is 1. The molecule has 4 nitrogen and oxygen atoms in total. The SMILES string of the molecule is NC(c1ccccc1)c1cccc(OCCCOC(=O)c2ccccc2)c1. The summed E-state index contributed by atoms with van der Waals surface area (Å²) in [5.41, 5.74) is 8.95. The highest BCUT2D eigenvalue weighted by atomic mass is 16.5. The topological polar surface area (TPSA) is 61.6 Å². The van der Waals surface area contributed by atoms with Gasteiger partial charge in [0.1, 0.15) is 5.75 Å². The Kier molecular flexibility index (Phi) is 6.61. The van der Waals surface area contributed by atoms with E-state index in [1.54, 1.807) is 12.1 Å². The number of rotatable bonds is 8. The van der Waals surface area contributed by atoms with E-state index in [9.17, 15) is 4.79 Å². The number of carbonyl (C=O) groups is 1. The zero-order valence-corrected chi connectivity index (χ0v) is 15.1. The lowest BCUT2D eigenvalue weighted by molar-refractivity contribution is 0.0486. The van der Waals surface area contributed by atoms with Crippen molar-refractivity contribution in [3.63, 3.8) is 0 Å². The fourth-order valence-electron chi connectivity index (χ4n) is 2.72. The minimum absolute atomic E-state index is 0.193. The molecule has 0 heterocycles. The predicted octanol–water partition coefficient (Wildman–Crippen LogP) is 4.36. The molecule has 0 saturated carbocycles. The predicted molar refractivity (Wildman–Crippen MR) is 106 cm³/mol. The maximum absolute atomic E-state index is 11.9. The first kappa shape index (κ1) is 18.7. The monoisotopic (exact) mass is 361 g/mol. The normalized spacial score (nSPS) is 11.6. The van der Waals surface area contributed by atoms with Gasteiger partial charge in [-0.25, -0.2) is 4.79 Å². The third-order valence-corrected chi connectivity index (χ3v) is 4.18. The molecule has 0 amide bonds. The zero-order valence-electron chi connectivity index (χ0n) is 15.1. The Bertz CT molecular complexity index is 850. The molecule has 3 aromatic rings. The molecular formula is C23H23NO3. The smallest absolute Gasteiger partial charge is 0.338 e. The van der Waals surface area contributed by atoms with E-state index in [0.717, 1.165) is 16.9 Å². The van der Waals surface area contributed by atoms with Crippen molar-refractivity contribution in [2.45, 2.75) is 12.5 Å². The first-order chi connectivity index (χ1) is 13.2. The first-order valence-corrected chi connectivity index (χ1v) is 8.99. The lowest BCUT2D eigenvalue weighted by atomic mass is 10.00. The minimum Gasteiger partial charge on any atom is -0.493 e. The van der Waals surface area contributed by atoms with Crippen molar-refractivity contribution in [2.75, 3.05) is 13.2 Å². The molecule has 0 fully saturated rings. The maximum Gasteiger partial charge on any atom is 0.338 e. The van der Waals surface area contributed by atoms with Crippen LogP contribution in [0, 0.1) is 0 Å². The van der Waals surface area contributed by atoms with Crippen LogP contribution in [0.25, 0.3) is 0 Å². The second-order valence-electron chi connectivity index (χ2n) is 6.16. The summed E-state index contributed by atoms with van der Waals surface area (Å²) in [5, 5.41) is 0. The summed E-state index contributed by atoms with van der Waals surface area (Å²) < 4.78 is 11.0. The lowest BCUT2D eigenvalue weighted by Gasteiger charge is -2.14. The third-order valence-electron chi connectivity index (χ3n) is 4.18. The highest BCUT2D eigenvalue weighted by Crippen LogP contribution is 2.23. The van der Waals surface area contributed by atoms with E-state index < -0.39 is 0 Å². The summed E-state index contributed by atoms with van der Waals surface area (Å²) >= 11 is 0. The first-order valence-electron chi connectivity index (χ1n) is 8.99. The fourth-order valence-corrected chi connectivity index (χ4v) is 2.72. The summed E-state index contributed by atoms with van der Waals surface area (Å²) in [6.45, 7) is 0.781. The molecule has 27 heavy (non-hydrogen) atoms. The highest BCUT2D eigenvalue weighted by molar-refractivity contribution is 5.89. The van der Waals surface area contributed by atoms with Gasteiger partial charge in [-0.2, -0.15) is 0 Å². The van der Waals surface area contributed by atoms with Gasteiger partial charge in [0.15, 0.2) is 0 Å². The van der Waals surface area contributed by atoms with Gasteiger partial charge in [0.2, 0.25) is 0 Å². The molecule has 138 valence electrons. The Hall–Kier alpha value is -3.11. The Labute approximate surface area is 159 Å². The molecular weight excluding hydrogens is 338 g/mol. The van der Waals surface area contributed by atoms with Crippen LogP contribution in [0.1, 0.15) is 33.9 Å². The van der Waals surface area contributed by atoms with Gasteiger partial charge >= 0.3 is 5.97 Å². The number of hydrogen-bond acceptors (Lipinski definition) is 4. The third kappa shape index (κ3) is 5.43. The minimum atomic E-state index is -0.313. The van der Waals surface area contributed by atoms with Gasteiger partial charge < -0.3 is 15.2 Å². The largest absolute Gasteiger partial charge is 0.493 e.